The highest BCUT2D eigenvalue weighted by molar-refractivity contribution is 8.18. The van der Waals surface area contributed by atoms with Gasteiger partial charge in [-0.1, -0.05) is 12.1 Å². The van der Waals surface area contributed by atoms with Crippen molar-refractivity contribution in [1.82, 2.24) is 20.0 Å². The minimum atomic E-state index is -5.00. The van der Waals surface area contributed by atoms with Crippen LogP contribution in [0.3, 0.4) is 0 Å². The molecule has 232 valence electrons. The number of nitrogens with zero attached hydrogens (tertiary/aromatic N) is 4. The molecule has 2 amide bonds. The maximum absolute atomic E-state index is 13.6. The minimum absolute atomic E-state index is 0.00471. The molecule has 0 bridgehead atoms. The number of benzene rings is 2. The van der Waals surface area contributed by atoms with E-state index in [0.717, 1.165) is 30.7 Å². The Morgan fingerprint density at radius 2 is 1.86 bits per heavy atom. The van der Waals surface area contributed by atoms with Crippen LogP contribution in [0.5, 0.6) is 0 Å². The highest BCUT2D eigenvalue weighted by Crippen LogP contribution is 2.38. The van der Waals surface area contributed by atoms with Gasteiger partial charge in [0, 0.05) is 23.9 Å². The molecule has 0 spiro atoms. The molecule has 44 heavy (non-hydrogen) atoms. The van der Waals surface area contributed by atoms with E-state index in [9.17, 15) is 41.0 Å². The molecule has 1 aromatic heterocycles. The smallest absolute Gasteiger partial charge is 0.394 e. The summed E-state index contributed by atoms with van der Waals surface area (Å²) in [6.07, 6.45) is -4.59. The van der Waals surface area contributed by atoms with Gasteiger partial charge in [-0.2, -0.15) is 36.4 Å². The highest BCUT2D eigenvalue weighted by Gasteiger charge is 2.40. The second kappa shape index (κ2) is 11.3. The van der Waals surface area contributed by atoms with Crippen molar-refractivity contribution in [3.8, 4) is 0 Å². The number of amides is 2. The van der Waals surface area contributed by atoms with Crippen molar-refractivity contribution in [2.75, 3.05) is 13.2 Å². The molecule has 2 N–H and O–H groups in total. The van der Waals surface area contributed by atoms with Gasteiger partial charge in [0.15, 0.2) is 5.17 Å². The minimum Gasteiger partial charge on any atom is -0.394 e. The van der Waals surface area contributed by atoms with Crippen LogP contribution in [0.4, 0.5) is 26.3 Å². The number of rotatable bonds is 6. The number of aromatic nitrogens is 2. The van der Waals surface area contributed by atoms with E-state index < -0.39 is 35.9 Å². The quantitative estimate of drug-likeness (QED) is 0.290. The van der Waals surface area contributed by atoms with Crippen molar-refractivity contribution in [3.05, 3.63) is 69.8 Å². The fourth-order valence-corrected chi connectivity index (χ4v) is 6.40. The molecule has 8 nitrogen and oxygen atoms in total. The third-order valence-corrected chi connectivity index (χ3v) is 8.82. The fourth-order valence-electron chi connectivity index (χ4n) is 5.40. The van der Waals surface area contributed by atoms with Gasteiger partial charge >= 0.3 is 12.4 Å². The number of aliphatic hydroxyl groups is 1. The summed E-state index contributed by atoms with van der Waals surface area (Å²) in [7, 11) is 0. The van der Waals surface area contributed by atoms with E-state index in [1.807, 2.05) is 4.90 Å². The van der Waals surface area contributed by atoms with Crippen LogP contribution >= 0.6 is 11.8 Å². The highest BCUT2D eigenvalue weighted by atomic mass is 32.2. The molecule has 0 radical (unpaired) electrons. The summed E-state index contributed by atoms with van der Waals surface area (Å²) in [6, 6.07) is 5.99. The van der Waals surface area contributed by atoms with Crippen LogP contribution in [0.2, 0.25) is 0 Å². The first kappa shape index (κ1) is 30.2. The van der Waals surface area contributed by atoms with E-state index in [0.29, 0.717) is 45.6 Å². The molecule has 1 aliphatic carbocycles. The molecule has 3 aromatic rings. The van der Waals surface area contributed by atoms with Crippen LogP contribution in [-0.4, -0.2) is 62.0 Å². The molecule has 2 fully saturated rings. The topological polar surface area (TPSA) is 99.8 Å². The number of aliphatic hydroxyl groups excluding tert-OH is 1. The van der Waals surface area contributed by atoms with Crippen LogP contribution in [0.1, 0.15) is 41.5 Å². The van der Waals surface area contributed by atoms with Crippen LogP contribution in [0.25, 0.3) is 17.0 Å². The molecule has 3 heterocycles. The van der Waals surface area contributed by atoms with E-state index in [2.05, 4.69) is 15.4 Å². The van der Waals surface area contributed by atoms with Gasteiger partial charge in [0.1, 0.15) is 0 Å². The van der Waals surface area contributed by atoms with E-state index in [1.165, 1.54) is 10.9 Å². The maximum Gasteiger partial charge on any atom is 0.416 e. The number of thioether (sulfide) groups is 1. The Balaban J connectivity index is 1.18. The lowest BCUT2D eigenvalue weighted by atomic mass is 10.0. The zero-order valence-electron chi connectivity index (χ0n) is 22.8. The summed E-state index contributed by atoms with van der Waals surface area (Å²) in [5, 5.41) is 18.0. The summed E-state index contributed by atoms with van der Waals surface area (Å²) in [6.45, 7) is -0.164. The zero-order chi connectivity index (χ0) is 31.4. The molecule has 6 rings (SSSR count). The standard InChI is InChI=1S/C29H25F6N5O3S/c30-28(31,32)19-5-4-17(22(9-19)29(33,34)35)12-40-23-6-1-15(7-18(23)11-36-40)8-24-26(43)38-27(44-24)39-13-20(10-21(39)14-41)37-25(42)16-2-3-16/h1,4-9,11,16,20-21,41H,2-3,10,12-14H2,(H,37,42)/b24-8-/t20-,21-/m1/s1. The number of carbonyl (C=O) groups is 2. The van der Waals surface area contributed by atoms with Gasteiger partial charge in [0.25, 0.3) is 5.91 Å². The lowest BCUT2D eigenvalue weighted by Gasteiger charge is -2.23. The largest absolute Gasteiger partial charge is 0.416 e. The second-order valence-corrected chi connectivity index (χ2v) is 12.0. The monoisotopic (exact) mass is 637 g/mol. The van der Waals surface area contributed by atoms with Gasteiger partial charge in [-0.25, -0.2) is 0 Å². The Morgan fingerprint density at radius 3 is 2.55 bits per heavy atom. The fraction of sp³-hybridized carbons (Fsp3) is 0.379. The zero-order valence-corrected chi connectivity index (χ0v) is 23.6. The molecular formula is C29H25F6N5O3S. The number of amidine groups is 1. The summed E-state index contributed by atoms with van der Waals surface area (Å²) >= 11 is 1.14. The molecule has 15 heteroatoms. The summed E-state index contributed by atoms with van der Waals surface area (Å²) < 4.78 is 81.3. The first-order valence-electron chi connectivity index (χ1n) is 13.7. The SMILES string of the molecule is O=C1N=C(N2C[C@H](NC(=O)C3CC3)C[C@@H]2CO)S/C1=C\c1ccc2c(cnn2Cc2ccc(C(F)(F)F)cc2C(F)(F)F)c1. The third-order valence-electron chi connectivity index (χ3n) is 7.80. The Morgan fingerprint density at radius 1 is 1.09 bits per heavy atom. The van der Waals surface area contributed by atoms with Gasteiger partial charge in [-0.3, -0.25) is 14.3 Å². The van der Waals surface area contributed by atoms with Gasteiger partial charge in [-0.15, -0.1) is 0 Å². The Bertz CT molecular complexity index is 1690. The number of fused-ring (bicyclic) bond motifs is 1. The molecule has 0 unspecified atom stereocenters. The molecule has 1 saturated carbocycles. The van der Waals surface area contributed by atoms with Crippen molar-refractivity contribution >= 4 is 45.7 Å². The lowest BCUT2D eigenvalue weighted by Crippen LogP contribution is -2.39. The number of halogens is 6. The predicted molar refractivity (Wildman–Crippen MR) is 150 cm³/mol. The third kappa shape index (κ3) is 6.20. The average molecular weight is 638 g/mol. The number of hydrogen-bond donors (Lipinski definition) is 2. The van der Waals surface area contributed by atoms with Gasteiger partial charge < -0.3 is 15.3 Å². The van der Waals surface area contributed by atoms with Crippen molar-refractivity contribution in [3.63, 3.8) is 0 Å². The van der Waals surface area contributed by atoms with E-state index in [1.54, 1.807) is 24.3 Å². The molecule has 2 atom stereocenters. The van der Waals surface area contributed by atoms with Crippen LogP contribution in [0, 0.1) is 5.92 Å². The van der Waals surface area contributed by atoms with E-state index in [4.69, 9.17) is 0 Å². The summed E-state index contributed by atoms with van der Waals surface area (Å²) in [5.41, 5.74) is -2.09. The Kier molecular flexibility index (Phi) is 7.72. The van der Waals surface area contributed by atoms with Crippen molar-refractivity contribution in [2.45, 2.75) is 50.2 Å². The maximum atomic E-state index is 13.6. The van der Waals surface area contributed by atoms with Crippen molar-refractivity contribution < 1.29 is 41.0 Å². The number of aliphatic imine (C=N–C) groups is 1. The Labute approximate surface area is 250 Å². The number of likely N-dealkylation sites (tertiary alicyclic amines) is 1. The second-order valence-electron chi connectivity index (χ2n) is 11.0. The van der Waals surface area contributed by atoms with Crippen LogP contribution < -0.4 is 5.32 Å². The van der Waals surface area contributed by atoms with Gasteiger partial charge in [0.2, 0.25) is 5.91 Å². The normalized spacial score (nSPS) is 21.9. The van der Waals surface area contributed by atoms with E-state index in [-0.39, 0.29) is 42.1 Å². The van der Waals surface area contributed by atoms with E-state index >= 15 is 0 Å². The lowest BCUT2D eigenvalue weighted by molar-refractivity contribution is -0.143. The molecule has 2 aromatic carbocycles. The van der Waals surface area contributed by atoms with Crippen molar-refractivity contribution in [2.24, 2.45) is 10.9 Å². The average Bonchev–Trinajstić information content (AvgIpc) is 3.49. The Hall–Kier alpha value is -3.85. The summed E-state index contributed by atoms with van der Waals surface area (Å²) in [5.74, 6) is -0.410. The number of alkyl halides is 6. The number of carbonyl (C=O) groups excluding carboxylic acids is 2. The van der Waals surface area contributed by atoms with Gasteiger partial charge in [-0.05, 0) is 72.5 Å². The molecule has 2 aliphatic heterocycles. The van der Waals surface area contributed by atoms with Gasteiger partial charge in [0.05, 0.1) is 46.9 Å². The number of nitrogens with one attached hydrogen (secondary N) is 1. The van der Waals surface area contributed by atoms with Crippen molar-refractivity contribution in [1.29, 1.82) is 0 Å². The van der Waals surface area contributed by atoms with Crippen LogP contribution in [0.15, 0.2) is 52.5 Å². The predicted octanol–water partition coefficient (Wildman–Crippen LogP) is 5.05. The molecule has 1 saturated heterocycles. The number of hydrogen-bond acceptors (Lipinski definition) is 6. The van der Waals surface area contributed by atoms with Crippen LogP contribution in [-0.2, 0) is 28.5 Å². The molecular weight excluding hydrogens is 612 g/mol. The first-order chi connectivity index (χ1) is 20.8. The molecule has 3 aliphatic rings. The first-order valence-corrected chi connectivity index (χ1v) is 14.5. The summed E-state index contributed by atoms with van der Waals surface area (Å²) in [4.78, 5) is 31.3.